The number of thiocyanates is 1. The molecule has 0 spiro atoms. The third-order valence-corrected chi connectivity index (χ3v) is 0. The first-order valence-corrected chi connectivity index (χ1v) is 0.836. The summed E-state index contributed by atoms with van der Waals surface area (Å²) in [6.45, 7) is 0. The molecule has 5 heteroatoms. The maximum Gasteiger partial charge on any atom is 2.00 e. The van der Waals surface area contributed by atoms with Gasteiger partial charge in [-0.15, -0.1) is 0 Å². The first kappa shape index (κ1) is 76.8. The number of hydrogen-bond acceptors (Lipinski definition) is 2. The smallest absolute Gasteiger partial charge is 0.696 e. The molecular formula is C4H9Li2NSZn. The van der Waals surface area contributed by atoms with Crippen LogP contribution in [0.2, 0.25) is 0 Å². The Kier molecular flexibility index (Phi) is 925. The second-order valence-electron chi connectivity index (χ2n) is 0.0913. The third kappa shape index (κ3) is 231. The van der Waals surface area contributed by atoms with Crippen molar-refractivity contribution in [2.24, 2.45) is 0 Å². The zero-order valence-corrected chi connectivity index (χ0v) is 10.8. The van der Waals surface area contributed by atoms with E-state index in [-0.39, 0.29) is 79.5 Å². The van der Waals surface area contributed by atoms with Gasteiger partial charge >= 0.3 is 57.2 Å². The van der Waals surface area contributed by atoms with E-state index in [1.807, 2.05) is 0 Å². The molecule has 0 aliphatic rings. The van der Waals surface area contributed by atoms with Gasteiger partial charge in [-0.05, 0) is 0 Å². The minimum absolute atomic E-state index is 0. The fourth-order valence-corrected chi connectivity index (χ4v) is 0. The fourth-order valence-electron chi connectivity index (χ4n) is 0. The normalized spacial score (nSPS) is 0.778. The molecule has 0 aliphatic carbocycles. The Bertz CT molecular complexity index is 40.0. The Hall–Kier alpha value is 1.53. The quantitative estimate of drug-likeness (QED) is 0.163. The standard InChI is InChI=1S/CHNS.3CH3.2Li.Zn/c2-1-3;;;;;;/h3H;3*1H3;;;/q;3*-1;2*+1;+2/p-1. The van der Waals surface area contributed by atoms with Gasteiger partial charge in [0.1, 0.15) is 0 Å². The second-order valence-corrected chi connectivity index (χ2v) is 0.274. The van der Waals surface area contributed by atoms with Crippen molar-refractivity contribution in [3.63, 3.8) is 0 Å². The topological polar surface area (TPSA) is 23.8 Å². The van der Waals surface area contributed by atoms with Gasteiger partial charge in [0.2, 0.25) is 0 Å². The summed E-state index contributed by atoms with van der Waals surface area (Å²) < 4.78 is 0. The Balaban J connectivity index is -0.00000000133. The zero-order chi connectivity index (χ0) is 2.71. The van der Waals surface area contributed by atoms with Crippen molar-refractivity contribution in [3.8, 4) is 5.40 Å². The van der Waals surface area contributed by atoms with E-state index in [9.17, 15) is 0 Å². The van der Waals surface area contributed by atoms with Gasteiger partial charge in [0, 0.05) is 0 Å². The van der Waals surface area contributed by atoms with Crippen LogP contribution in [0.25, 0.3) is 0 Å². The fraction of sp³-hybridized carbons (Fsp3) is 0. The summed E-state index contributed by atoms with van der Waals surface area (Å²) in [5.41, 5.74) is 0. The van der Waals surface area contributed by atoms with Crippen molar-refractivity contribution in [1.82, 2.24) is 0 Å². The maximum atomic E-state index is 7.13. The van der Waals surface area contributed by atoms with Crippen molar-refractivity contribution in [3.05, 3.63) is 22.3 Å². The van der Waals surface area contributed by atoms with Crippen LogP contribution in [0.4, 0.5) is 0 Å². The predicted octanol–water partition coefficient (Wildman–Crippen LogP) is -4.63. The molecule has 0 rings (SSSR count). The molecule has 1 nitrogen and oxygen atoms in total. The van der Waals surface area contributed by atoms with E-state index in [2.05, 4.69) is 12.6 Å². The second kappa shape index (κ2) is 108. The molecule has 0 amide bonds. The monoisotopic (exact) mass is 181 g/mol. The van der Waals surface area contributed by atoms with Crippen LogP contribution in [0.1, 0.15) is 0 Å². The Morgan fingerprint density at radius 1 is 1.00 bits per heavy atom. The van der Waals surface area contributed by atoms with Crippen LogP contribution in [0, 0.1) is 32.9 Å². The van der Waals surface area contributed by atoms with Crippen LogP contribution in [0.5, 0.6) is 0 Å². The molecule has 0 aromatic heterocycles. The Morgan fingerprint density at radius 2 is 1.00 bits per heavy atom. The molecule has 0 saturated heterocycles. The van der Waals surface area contributed by atoms with Crippen LogP contribution in [-0.2, 0) is 32.1 Å². The van der Waals surface area contributed by atoms with Crippen LogP contribution in [0.15, 0.2) is 0 Å². The Morgan fingerprint density at radius 3 is 1.00 bits per heavy atom. The number of nitrogens with zero attached hydrogens (tertiary/aromatic N) is 1. The van der Waals surface area contributed by atoms with E-state index in [4.69, 9.17) is 5.26 Å². The van der Waals surface area contributed by atoms with Crippen LogP contribution in [0.3, 0.4) is 0 Å². The molecule has 0 N–H and O–H groups in total. The van der Waals surface area contributed by atoms with E-state index in [0.717, 1.165) is 0 Å². The molecule has 0 radical (unpaired) electrons. The summed E-state index contributed by atoms with van der Waals surface area (Å²) in [6, 6.07) is 0. The van der Waals surface area contributed by atoms with Crippen molar-refractivity contribution in [2.75, 3.05) is 0 Å². The van der Waals surface area contributed by atoms with Crippen LogP contribution >= 0.6 is 0 Å². The minimum Gasteiger partial charge on any atom is -0.696 e. The van der Waals surface area contributed by atoms with E-state index >= 15 is 0 Å². The number of rotatable bonds is 0. The van der Waals surface area contributed by atoms with Gasteiger partial charge in [-0.2, -0.15) is 0 Å². The third-order valence-electron chi connectivity index (χ3n) is 0. The number of nitriles is 1. The van der Waals surface area contributed by atoms with Crippen molar-refractivity contribution in [1.29, 1.82) is 5.26 Å². The van der Waals surface area contributed by atoms with E-state index in [1.165, 1.54) is 5.40 Å². The Labute approximate surface area is 102 Å². The molecule has 0 unspecified atom stereocenters. The molecule has 40 valence electrons. The maximum absolute atomic E-state index is 7.13. The molecule has 0 aromatic carbocycles. The van der Waals surface area contributed by atoms with Crippen molar-refractivity contribution < 1.29 is 57.2 Å². The summed E-state index contributed by atoms with van der Waals surface area (Å²) in [5, 5.41) is 8.47. The molecule has 0 fully saturated rings. The first-order valence-electron chi connectivity index (χ1n) is 0.428. The largest absolute Gasteiger partial charge is 2.00 e. The van der Waals surface area contributed by atoms with Crippen molar-refractivity contribution >= 4 is 12.6 Å². The average Bonchev–Trinajstić information content (AvgIpc) is 0.918. The van der Waals surface area contributed by atoms with Gasteiger partial charge in [-0.1, -0.05) is 5.40 Å². The van der Waals surface area contributed by atoms with Gasteiger partial charge in [-0.25, -0.2) is 5.26 Å². The molecule has 0 heterocycles. The summed E-state index contributed by atoms with van der Waals surface area (Å²) in [6.07, 6.45) is 0. The van der Waals surface area contributed by atoms with E-state index < -0.39 is 0 Å². The van der Waals surface area contributed by atoms with Gasteiger partial charge in [0.05, 0.1) is 0 Å². The molecule has 0 atom stereocenters. The zero-order valence-electron chi connectivity index (χ0n) is 7.06. The summed E-state index contributed by atoms with van der Waals surface area (Å²) in [4.78, 5) is 0. The minimum atomic E-state index is 0. The summed E-state index contributed by atoms with van der Waals surface area (Å²) >= 11 is 3.70. The van der Waals surface area contributed by atoms with Crippen LogP contribution < -0.4 is 37.7 Å². The van der Waals surface area contributed by atoms with Crippen molar-refractivity contribution in [2.45, 2.75) is 0 Å². The van der Waals surface area contributed by atoms with Gasteiger partial charge in [0.15, 0.2) is 0 Å². The molecule has 0 aromatic rings. The number of hydrogen-bond donors (Lipinski definition) is 0. The van der Waals surface area contributed by atoms with Gasteiger partial charge < -0.3 is 34.9 Å². The van der Waals surface area contributed by atoms with E-state index in [1.54, 1.807) is 0 Å². The van der Waals surface area contributed by atoms with Gasteiger partial charge in [-0.3, -0.25) is 0 Å². The first-order chi connectivity index (χ1) is 1.41. The molecule has 0 bridgehead atoms. The predicted molar refractivity (Wildman–Crippen MR) is 32.2 cm³/mol. The SMILES string of the molecule is N#C[S-].[CH3-].[CH3-].[CH3-].[Li+].[Li+].[Zn+2]. The molecule has 9 heavy (non-hydrogen) atoms. The molecule has 0 saturated carbocycles. The summed E-state index contributed by atoms with van der Waals surface area (Å²) in [5.74, 6) is 0. The van der Waals surface area contributed by atoms with E-state index in [0.29, 0.717) is 0 Å². The average molecular weight is 182 g/mol. The van der Waals surface area contributed by atoms with Crippen LogP contribution in [-0.4, -0.2) is 0 Å². The molecular weight excluding hydrogens is 173 g/mol. The van der Waals surface area contributed by atoms with Gasteiger partial charge in [0.25, 0.3) is 0 Å². The molecule has 0 aliphatic heterocycles. The summed E-state index contributed by atoms with van der Waals surface area (Å²) in [7, 11) is 0.